The van der Waals surface area contributed by atoms with E-state index in [0.717, 1.165) is 18.7 Å². The normalized spacial score (nSPS) is 21.6. The summed E-state index contributed by atoms with van der Waals surface area (Å²) in [5, 5.41) is 2.95. The molecule has 0 saturated carbocycles. The lowest BCUT2D eigenvalue weighted by atomic mass is 9.88. The zero-order chi connectivity index (χ0) is 23.3. The first-order chi connectivity index (χ1) is 14.9. The van der Waals surface area contributed by atoms with Crippen LogP contribution in [-0.4, -0.2) is 68.1 Å². The molecule has 0 aliphatic carbocycles. The van der Waals surface area contributed by atoms with Gasteiger partial charge < -0.3 is 15.1 Å². The van der Waals surface area contributed by atoms with E-state index in [-0.39, 0.29) is 28.3 Å². The second kappa shape index (κ2) is 7.93. The molecule has 1 aromatic carbocycles. The summed E-state index contributed by atoms with van der Waals surface area (Å²) in [5.41, 5.74) is -0.866. The van der Waals surface area contributed by atoms with Crippen LogP contribution in [0, 0.1) is 5.92 Å². The maximum atomic E-state index is 13.0. The van der Waals surface area contributed by atoms with Gasteiger partial charge in [-0.2, -0.15) is 13.2 Å². The molecule has 3 amide bonds. The number of urea groups is 1. The first kappa shape index (κ1) is 22.9. The van der Waals surface area contributed by atoms with Crippen molar-refractivity contribution in [2.24, 2.45) is 5.92 Å². The van der Waals surface area contributed by atoms with Gasteiger partial charge >= 0.3 is 12.2 Å². The van der Waals surface area contributed by atoms with Crippen LogP contribution in [0.25, 0.3) is 0 Å². The number of hydrogen-bond donors (Lipinski definition) is 1. The van der Waals surface area contributed by atoms with Gasteiger partial charge in [-0.1, -0.05) is 6.07 Å². The third-order valence-corrected chi connectivity index (χ3v) is 7.86. The van der Waals surface area contributed by atoms with Gasteiger partial charge in [0.1, 0.15) is 0 Å². The molecule has 1 spiro atoms. The molecule has 3 aliphatic rings. The Kier molecular flexibility index (Phi) is 5.67. The number of halogens is 3. The molecule has 3 aliphatic heterocycles. The SMILES string of the molecule is CS(=O)(=O)c1cc(C(F)(F)F)ccc1CC1CCN(C(=O)N2CC3(CCC(=O)N3)C2)CC1. The lowest BCUT2D eigenvalue weighted by Gasteiger charge is -2.49. The highest BCUT2D eigenvalue weighted by Crippen LogP contribution is 2.35. The van der Waals surface area contributed by atoms with Gasteiger partial charge in [-0.15, -0.1) is 0 Å². The second-order valence-corrected chi connectivity index (χ2v) is 11.2. The summed E-state index contributed by atoms with van der Waals surface area (Å²) in [7, 11) is -3.81. The second-order valence-electron chi connectivity index (χ2n) is 9.19. The molecule has 176 valence electrons. The number of alkyl halides is 3. The number of benzene rings is 1. The molecule has 0 bridgehead atoms. The van der Waals surface area contributed by atoms with Crippen molar-refractivity contribution in [1.29, 1.82) is 0 Å². The van der Waals surface area contributed by atoms with E-state index in [0.29, 0.717) is 63.5 Å². The lowest BCUT2D eigenvalue weighted by Crippen LogP contribution is -2.70. The average molecular weight is 474 g/mol. The summed E-state index contributed by atoms with van der Waals surface area (Å²) in [5.74, 6) is 0.0998. The Morgan fingerprint density at radius 1 is 1.19 bits per heavy atom. The summed E-state index contributed by atoms with van der Waals surface area (Å²) in [4.78, 5) is 27.4. The monoisotopic (exact) mass is 473 g/mol. The Morgan fingerprint density at radius 3 is 2.38 bits per heavy atom. The smallest absolute Gasteiger partial charge is 0.347 e. The Balaban J connectivity index is 1.35. The Bertz CT molecular complexity index is 1030. The fourth-order valence-electron chi connectivity index (χ4n) is 4.91. The summed E-state index contributed by atoms with van der Waals surface area (Å²) in [6.07, 6.45) is -0.820. The lowest BCUT2D eigenvalue weighted by molar-refractivity contribution is -0.137. The van der Waals surface area contributed by atoms with Gasteiger partial charge in [-0.3, -0.25) is 4.79 Å². The highest BCUT2D eigenvalue weighted by molar-refractivity contribution is 7.90. The Hall–Kier alpha value is -2.30. The number of nitrogens with zero attached hydrogens (tertiary/aromatic N) is 2. The van der Waals surface area contributed by atoms with Crippen LogP contribution in [0.2, 0.25) is 0 Å². The number of hydrogen-bond acceptors (Lipinski definition) is 4. The molecule has 7 nitrogen and oxygen atoms in total. The van der Waals surface area contributed by atoms with E-state index < -0.39 is 21.6 Å². The predicted molar refractivity (Wildman–Crippen MR) is 110 cm³/mol. The molecule has 3 saturated heterocycles. The fraction of sp³-hybridized carbons (Fsp3) is 0.619. The van der Waals surface area contributed by atoms with Crippen molar-refractivity contribution in [1.82, 2.24) is 15.1 Å². The first-order valence-corrected chi connectivity index (χ1v) is 12.5. The molecule has 11 heteroatoms. The topological polar surface area (TPSA) is 86.8 Å². The highest BCUT2D eigenvalue weighted by atomic mass is 32.2. The van der Waals surface area contributed by atoms with E-state index >= 15 is 0 Å². The molecule has 4 rings (SSSR count). The van der Waals surface area contributed by atoms with Crippen LogP contribution < -0.4 is 5.32 Å². The molecule has 0 aromatic heterocycles. The zero-order valence-electron chi connectivity index (χ0n) is 17.7. The van der Waals surface area contributed by atoms with Crippen molar-refractivity contribution in [2.75, 3.05) is 32.4 Å². The van der Waals surface area contributed by atoms with E-state index in [4.69, 9.17) is 0 Å². The van der Waals surface area contributed by atoms with Crippen LogP contribution in [0.1, 0.15) is 36.8 Å². The average Bonchev–Trinajstić information content (AvgIpc) is 3.08. The Labute approximate surface area is 184 Å². The summed E-state index contributed by atoms with van der Waals surface area (Å²) in [6, 6.07) is 2.82. The number of amides is 3. The minimum Gasteiger partial charge on any atom is -0.347 e. The van der Waals surface area contributed by atoms with E-state index in [1.807, 2.05) is 0 Å². The number of carbonyl (C=O) groups is 2. The molecule has 1 N–H and O–H groups in total. The third-order valence-electron chi connectivity index (χ3n) is 6.68. The number of sulfone groups is 1. The minimum atomic E-state index is -4.61. The van der Waals surface area contributed by atoms with Crippen LogP contribution in [0.3, 0.4) is 0 Å². The van der Waals surface area contributed by atoms with Crippen molar-refractivity contribution < 1.29 is 31.2 Å². The summed E-state index contributed by atoms with van der Waals surface area (Å²) in [6.45, 7) is 2.05. The number of rotatable bonds is 3. The number of nitrogens with one attached hydrogen (secondary N) is 1. The number of piperidine rings is 1. The molecule has 0 atom stereocenters. The van der Waals surface area contributed by atoms with Gasteiger partial charge in [0.25, 0.3) is 0 Å². The first-order valence-electron chi connectivity index (χ1n) is 10.6. The summed E-state index contributed by atoms with van der Waals surface area (Å²) >= 11 is 0. The molecule has 3 fully saturated rings. The van der Waals surface area contributed by atoms with E-state index in [9.17, 15) is 31.2 Å². The maximum absolute atomic E-state index is 13.0. The van der Waals surface area contributed by atoms with Gasteiger partial charge in [0.2, 0.25) is 5.91 Å². The van der Waals surface area contributed by atoms with E-state index in [2.05, 4.69) is 5.32 Å². The van der Waals surface area contributed by atoms with Crippen LogP contribution in [0.15, 0.2) is 23.1 Å². The van der Waals surface area contributed by atoms with E-state index in [1.165, 1.54) is 6.07 Å². The van der Waals surface area contributed by atoms with Crippen molar-refractivity contribution >= 4 is 21.8 Å². The fourth-order valence-corrected chi connectivity index (χ4v) is 5.88. The molecule has 32 heavy (non-hydrogen) atoms. The third kappa shape index (κ3) is 4.57. The van der Waals surface area contributed by atoms with Crippen LogP contribution in [0.4, 0.5) is 18.0 Å². The van der Waals surface area contributed by atoms with Crippen molar-refractivity contribution in [2.45, 2.75) is 48.7 Å². The molecule has 3 heterocycles. The van der Waals surface area contributed by atoms with Crippen LogP contribution in [-0.2, 0) is 27.2 Å². The number of carbonyl (C=O) groups excluding carboxylic acids is 2. The molecule has 0 radical (unpaired) electrons. The molecular formula is C21H26F3N3O4S. The van der Waals surface area contributed by atoms with Crippen molar-refractivity contribution in [3.63, 3.8) is 0 Å². The van der Waals surface area contributed by atoms with Gasteiger partial charge in [-0.25, -0.2) is 13.2 Å². The molecular weight excluding hydrogens is 447 g/mol. The summed E-state index contributed by atoms with van der Waals surface area (Å²) < 4.78 is 63.3. The quantitative estimate of drug-likeness (QED) is 0.731. The van der Waals surface area contributed by atoms with Crippen LogP contribution >= 0.6 is 0 Å². The van der Waals surface area contributed by atoms with Gasteiger partial charge in [-0.05, 0) is 49.3 Å². The maximum Gasteiger partial charge on any atom is 0.416 e. The largest absolute Gasteiger partial charge is 0.416 e. The van der Waals surface area contributed by atoms with E-state index in [1.54, 1.807) is 9.80 Å². The number of likely N-dealkylation sites (tertiary alicyclic amines) is 2. The highest BCUT2D eigenvalue weighted by Gasteiger charge is 2.50. The molecule has 0 unspecified atom stereocenters. The van der Waals surface area contributed by atoms with Crippen LogP contribution in [0.5, 0.6) is 0 Å². The van der Waals surface area contributed by atoms with Gasteiger partial charge in [0.15, 0.2) is 9.84 Å². The zero-order valence-corrected chi connectivity index (χ0v) is 18.6. The van der Waals surface area contributed by atoms with Gasteiger partial charge in [0, 0.05) is 38.9 Å². The predicted octanol–water partition coefficient (Wildman–Crippen LogP) is 2.45. The minimum absolute atomic E-state index is 0.0228. The standard InChI is InChI=1S/C21H26F3N3O4S/c1-32(30,31)17-11-16(21(22,23)24)3-2-15(17)10-14-5-8-26(9-6-14)19(29)27-12-20(13-27)7-4-18(28)25-20/h2-3,11,14H,4-10,12-13H2,1H3,(H,25,28). The Morgan fingerprint density at radius 2 is 1.84 bits per heavy atom. The van der Waals surface area contributed by atoms with Crippen molar-refractivity contribution in [3.05, 3.63) is 29.3 Å². The van der Waals surface area contributed by atoms with Crippen molar-refractivity contribution in [3.8, 4) is 0 Å². The van der Waals surface area contributed by atoms with Gasteiger partial charge in [0.05, 0.1) is 16.0 Å². The molecule has 1 aromatic rings.